The average molecular weight is 171 g/mol. The van der Waals surface area contributed by atoms with Crippen molar-refractivity contribution in [2.75, 3.05) is 6.61 Å². The fourth-order valence-corrected chi connectivity index (χ4v) is 1.66. The van der Waals surface area contributed by atoms with E-state index in [9.17, 15) is 0 Å². The van der Waals surface area contributed by atoms with Crippen LogP contribution in [-0.4, -0.2) is 18.8 Å². The summed E-state index contributed by atoms with van der Waals surface area (Å²) in [6, 6.07) is 0.385. The summed E-state index contributed by atoms with van der Waals surface area (Å²) in [7, 11) is 0. The van der Waals surface area contributed by atoms with Crippen LogP contribution in [0.25, 0.3) is 0 Å². The van der Waals surface area contributed by atoms with Crippen molar-refractivity contribution in [1.29, 1.82) is 0 Å². The molecule has 0 spiro atoms. The first-order valence-electron chi connectivity index (χ1n) is 5.05. The highest BCUT2D eigenvalue weighted by Gasteiger charge is 2.19. The van der Waals surface area contributed by atoms with E-state index in [1.807, 2.05) is 0 Å². The molecule has 0 heterocycles. The summed E-state index contributed by atoms with van der Waals surface area (Å²) in [4.78, 5) is 0. The quantitative estimate of drug-likeness (QED) is 0.704. The minimum Gasteiger partial charge on any atom is -0.378 e. The average Bonchev–Trinajstić information content (AvgIpc) is 2.01. The fraction of sp³-hybridized carbons (Fsp3) is 1.00. The summed E-state index contributed by atoms with van der Waals surface area (Å²) in [5.74, 6) is 0.642. The Morgan fingerprint density at radius 3 is 2.75 bits per heavy atom. The zero-order valence-electron chi connectivity index (χ0n) is 8.25. The van der Waals surface area contributed by atoms with E-state index in [1.165, 1.54) is 19.3 Å². The van der Waals surface area contributed by atoms with Crippen LogP contribution in [0.2, 0.25) is 0 Å². The second-order valence-corrected chi connectivity index (χ2v) is 4.28. The molecule has 1 saturated carbocycles. The Morgan fingerprint density at radius 2 is 2.17 bits per heavy atom. The molecule has 1 rings (SSSR count). The molecule has 72 valence electrons. The molecule has 2 atom stereocenters. The van der Waals surface area contributed by atoms with E-state index in [0.29, 0.717) is 18.1 Å². The Hall–Kier alpha value is -0.0800. The number of hydrogen-bond donors (Lipinski definition) is 1. The summed E-state index contributed by atoms with van der Waals surface area (Å²) < 4.78 is 5.73. The lowest BCUT2D eigenvalue weighted by atomic mass is 9.93. The first-order chi connectivity index (χ1) is 5.68. The normalized spacial score (nSPS) is 31.0. The molecule has 2 N–H and O–H groups in total. The smallest absolute Gasteiger partial charge is 0.0590 e. The standard InChI is InChI=1S/C10H21NO/c1-8(2)7-12-10-5-3-4-9(11)6-10/h8-10H,3-7,11H2,1-2H3. The second-order valence-electron chi connectivity index (χ2n) is 4.28. The molecule has 0 saturated heterocycles. The molecule has 0 aliphatic heterocycles. The van der Waals surface area contributed by atoms with E-state index in [0.717, 1.165) is 13.0 Å². The molecule has 2 heteroatoms. The lowest BCUT2D eigenvalue weighted by Gasteiger charge is -2.27. The minimum absolute atomic E-state index is 0.385. The molecule has 2 unspecified atom stereocenters. The maximum absolute atomic E-state index is 5.85. The van der Waals surface area contributed by atoms with E-state index >= 15 is 0 Å². The number of rotatable bonds is 3. The van der Waals surface area contributed by atoms with Gasteiger partial charge in [0.1, 0.15) is 0 Å². The van der Waals surface area contributed by atoms with E-state index in [4.69, 9.17) is 10.5 Å². The third-order valence-corrected chi connectivity index (χ3v) is 2.33. The molecule has 0 bridgehead atoms. The molecule has 2 nitrogen and oxygen atoms in total. The fourth-order valence-electron chi connectivity index (χ4n) is 1.66. The van der Waals surface area contributed by atoms with Crippen molar-refractivity contribution >= 4 is 0 Å². The van der Waals surface area contributed by atoms with Crippen LogP contribution in [0.15, 0.2) is 0 Å². The Kier molecular flexibility index (Phi) is 4.02. The van der Waals surface area contributed by atoms with E-state index in [1.54, 1.807) is 0 Å². The van der Waals surface area contributed by atoms with Gasteiger partial charge in [-0.15, -0.1) is 0 Å². The van der Waals surface area contributed by atoms with Crippen LogP contribution in [0, 0.1) is 5.92 Å². The van der Waals surface area contributed by atoms with Gasteiger partial charge < -0.3 is 10.5 Å². The summed E-state index contributed by atoms with van der Waals surface area (Å²) in [5, 5.41) is 0. The van der Waals surface area contributed by atoms with Crippen molar-refractivity contribution in [3.8, 4) is 0 Å². The van der Waals surface area contributed by atoms with E-state index in [-0.39, 0.29) is 0 Å². The van der Waals surface area contributed by atoms with Crippen LogP contribution < -0.4 is 5.73 Å². The maximum Gasteiger partial charge on any atom is 0.0590 e. The first kappa shape index (κ1) is 10.0. The maximum atomic E-state index is 5.85. The molecule has 0 amide bonds. The molecular formula is C10H21NO. The van der Waals surface area contributed by atoms with Gasteiger partial charge in [-0.1, -0.05) is 13.8 Å². The SMILES string of the molecule is CC(C)COC1CCCC(N)C1. The number of hydrogen-bond acceptors (Lipinski definition) is 2. The molecule has 1 aliphatic carbocycles. The van der Waals surface area contributed by atoms with Gasteiger partial charge in [0.2, 0.25) is 0 Å². The monoisotopic (exact) mass is 171 g/mol. The molecule has 0 aromatic heterocycles. The van der Waals surface area contributed by atoms with Gasteiger partial charge in [-0.25, -0.2) is 0 Å². The van der Waals surface area contributed by atoms with Gasteiger partial charge in [-0.2, -0.15) is 0 Å². The topological polar surface area (TPSA) is 35.2 Å². The molecule has 1 fully saturated rings. The number of nitrogens with two attached hydrogens (primary N) is 1. The summed E-state index contributed by atoms with van der Waals surface area (Å²) in [6.07, 6.45) is 5.13. The highest BCUT2D eigenvalue weighted by atomic mass is 16.5. The van der Waals surface area contributed by atoms with Crippen LogP contribution in [0.4, 0.5) is 0 Å². The highest BCUT2D eigenvalue weighted by Crippen LogP contribution is 2.20. The van der Waals surface area contributed by atoms with Gasteiger partial charge >= 0.3 is 0 Å². The Bertz CT molecular complexity index is 125. The minimum atomic E-state index is 0.385. The van der Waals surface area contributed by atoms with E-state index < -0.39 is 0 Å². The van der Waals surface area contributed by atoms with Crippen LogP contribution in [-0.2, 0) is 4.74 Å². The second kappa shape index (κ2) is 4.83. The van der Waals surface area contributed by atoms with Gasteiger partial charge in [0, 0.05) is 12.6 Å². The van der Waals surface area contributed by atoms with Gasteiger partial charge in [0.05, 0.1) is 6.10 Å². The van der Waals surface area contributed by atoms with Crippen LogP contribution in [0.1, 0.15) is 39.5 Å². The van der Waals surface area contributed by atoms with E-state index in [2.05, 4.69) is 13.8 Å². The van der Waals surface area contributed by atoms with Crippen molar-refractivity contribution < 1.29 is 4.74 Å². The van der Waals surface area contributed by atoms with Crippen LogP contribution >= 0.6 is 0 Å². The Labute approximate surface area is 75.5 Å². The third kappa shape index (κ3) is 3.55. The first-order valence-corrected chi connectivity index (χ1v) is 5.05. The summed E-state index contributed by atoms with van der Waals surface area (Å²) >= 11 is 0. The van der Waals surface area contributed by atoms with Crippen molar-refractivity contribution in [3.05, 3.63) is 0 Å². The number of ether oxygens (including phenoxy) is 1. The summed E-state index contributed by atoms with van der Waals surface area (Å²) in [5.41, 5.74) is 5.85. The van der Waals surface area contributed by atoms with Gasteiger partial charge in [0.25, 0.3) is 0 Å². The van der Waals surface area contributed by atoms with Crippen LogP contribution in [0.5, 0.6) is 0 Å². The third-order valence-electron chi connectivity index (χ3n) is 2.33. The molecule has 0 aromatic carbocycles. The molecule has 1 aliphatic rings. The predicted octanol–water partition coefficient (Wildman–Crippen LogP) is 1.93. The Morgan fingerprint density at radius 1 is 1.42 bits per heavy atom. The van der Waals surface area contributed by atoms with Gasteiger partial charge in [-0.3, -0.25) is 0 Å². The predicted molar refractivity (Wildman–Crippen MR) is 51.0 cm³/mol. The largest absolute Gasteiger partial charge is 0.378 e. The lowest BCUT2D eigenvalue weighted by molar-refractivity contribution is 0.00939. The van der Waals surface area contributed by atoms with Crippen molar-refractivity contribution in [2.24, 2.45) is 11.7 Å². The van der Waals surface area contributed by atoms with Gasteiger partial charge in [0.15, 0.2) is 0 Å². The zero-order valence-corrected chi connectivity index (χ0v) is 8.25. The van der Waals surface area contributed by atoms with Crippen molar-refractivity contribution in [2.45, 2.75) is 51.7 Å². The highest BCUT2D eigenvalue weighted by molar-refractivity contribution is 4.75. The van der Waals surface area contributed by atoms with Crippen molar-refractivity contribution in [3.63, 3.8) is 0 Å². The summed E-state index contributed by atoms with van der Waals surface area (Å²) in [6.45, 7) is 5.25. The molecule has 0 aromatic rings. The lowest BCUT2D eigenvalue weighted by Crippen LogP contribution is -2.32. The van der Waals surface area contributed by atoms with Crippen molar-refractivity contribution in [1.82, 2.24) is 0 Å². The Balaban J connectivity index is 2.14. The molecular weight excluding hydrogens is 150 g/mol. The molecule has 12 heavy (non-hydrogen) atoms. The van der Waals surface area contributed by atoms with Crippen LogP contribution in [0.3, 0.4) is 0 Å². The molecule has 0 radical (unpaired) electrons. The van der Waals surface area contributed by atoms with Gasteiger partial charge in [-0.05, 0) is 31.6 Å². The zero-order chi connectivity index (χ0) is 8.97.